The molecule has 1 aliphatic rings. The topological polar surface area (TPSA) is 64.2 Å². The number of nitrogens with zero attached hydrogens (tertiary/aromatic N) is 3. The van der Waals surface area contributed by atoms with Crippen LogP contribution >= 0.6 is 0 Å². The van der Waals surface area contributed by atoms with E-state index in [-0.39, 0.29) is 5.91 Å². The molecule has 0 aliphatic carbocycles. The van der Waals surface area contributed by atoms with Crippen molar-refractivity contribution in [1.82, 2.24) is 14.7 Å². The third kappa shape index (κ3) is 2.60. The molecular formula is C14H24N4O. The molecular weight excluding hydrogens is 240 g/mol. The monoisotopic (exact) mass is 264 g/mol. The molecule has 0 spiro atoms. The third-order valence-corrected chi connectivity index (χ3v) is 4.42. The van der Waals surface area contributed by atoms with Crippen LogP contribution in [0.3, 0.4) is 0 Å². The number of anilines is 1. The van der Waals surface area contributed by atoms with Crippen molar-refractivity contribution in [2.24, 2.45) is 5.92 Å². The number of hydrogen-bond acceptors (Lipinski definition) is 3. The van der Waals surface area contributed by atoms with Gasteiger partial charge < -0.3 is 10.6 Å². The van der Waals surface area contributed by atoms with E-state index < -0.39 is 0 Å². The largest absolute Gasteiger partial charge is 0.396 e. The van der Waals surface area contributed by atoms with E-state index in [1.165, 1.54) is 6.42 Å². The molecule has 5 nitrogen and oxygen atoms in total. The number of likely N-dealkylation sites (tertiary alicyclic amines) is 1. The zero-order valence-corrected chi connectivity index (χ0v) is 12.3. The Balaban J connectivity index is 2.10. The second-order valence-electron chi connectivity index (χ2n) is 5.69. The number of nitrogens with two attached hydrogens (primary N) is 1. The average Bonchev–Trinajstić information content (AvgIpc) is 2.60. The number of aromatic nitrogens is 2. The normalized spacial score (nSPS) is 23.7. The van der Waals surface area contributed by atoms with Crippen molar-refractivity contribution in [2.75, 3.05) is 12.3 Å². The SMILES string of the molecule is Cc1nn(CC(=O)N2CCCC(C)C2C)c(C)c1N. The molecule has 0 bridgehead atoms. The van der Waals surface area contributed by atoms with Gasteiger partial charge in [0.2, 0.25) is 5.91 Å². The van der Waals surface area contributed by atoms with Crippen LogP contribution in [-0.4, -0.2) is 33.2 Å². The first-order chi connectivity index (χ1) is 8.91. The third-order valence-electron chi connectivity index (χ3n) is 4.42. The van der Waals surface area contributed by atoms with E-state index in [9.17, 15) is 4.79 Å². The quantitative estimate of drug-likeness (QED) is 0.884. The molecule has 2 unspecified atom stereocenters. The van der Waals surface area contributed by atoms with Crippen molar-refractivity contribution < 1.29 is 4.79 Å². The summed E-state index contributed by atoms with van der Waals surface area (Å²) in [6, 6.07) is 0.315. The van der Waals surface area contributed by atoms with Gasteiger partial charge in [0.05, 0.1) is 17.1 Å². The lowest BCUT2D eigenvalue weighted by molar-refractivity contribution is -0.136. The Morgan fingerprint density at radius 1 is 1.42 bits per heavy atom. The minimum atomic E-state index is 0.143. The van der Waals surface area contributed by atoms with Crippen LogP contribution in [0.25, 0.3) is 0 Å². The molecule has 0 aromatic carbocycles. The van der Waals surface area contributed by atoms with Gasteiger partial charge in [-0.15, -0.1) is 0 Å². The predicted molar refractivity (Wildman–Crippen MR) is 75.7 cm³/mol. The van der Waals surface area contributed by atoms with Gasteiger partial charge in [0.1, 0.15) is 6.54 Å². The number of aryl methyl sites for hydroxylation is 1. The lowest BCUT2D eigenvalue weighted by Crippen LogP contribution is -2.47. The number of rotatable bonds is 2. The second-order valence-corrected chi connectivity index (χ2v) is 5.69. The van der Waals surface area contributed by atoms with Crippen LogP contribution < -0.4 is 5.73 Å². The fourth-order valence-corrected chi connectivity index (χ4v) is 2.77. The summed E-state index contributed by atoms with van der Waals surface area (Å²) in [6.07, 6.45) is 2.30. The summed E-state index contributed by atoms with van der Waals surface area (Å²) in [6.45, 7) is 9.28. The van der Waals surface area contributed by atoms with Gasteiger partial charge in [0.25, 0.3) is 0 Å². The molecule has 19 heavy (non-hydrogen) atoms. The Hall–Kier alpha value is -1.52. The lowest BCUT2D eigenvalue weighted by atomic mass is 9.92. The molecule has 1 saturated heterocycles. The van der Waals surface area contributed by atoms with E-state index in [2.05, 4.69) is 18.9 Å². The molecule has 0 saturated carbocycles. The van der Waals surface area contributed by atoms with Crippen molar-refractivity contribution in [3.05, 3.63) is 11.4 Å². The van der Waals surface area contributed by atoms with Crippen molar-refractivity contribution in [3.63, 3.8) is 0 Å². The van der Waals surface area contributed by atoms with Crippen LogP contribution in [0.2, 0.25) is 0 Å². The van der Waals surface area contributed by atoms with Gasteiger partial charge in [-0.2, -0.15) is 5.10 Å². The van der Waals surface area contributed by atoms with Gasteiger partial charge in [0.15, 0.2) is 0 Å². The lowest BCUT2D eigenvalue weighted by Gasteiger charge is -2.38. The molecule has 2 atom stereocenters. The molecule has 106 valence electrons. The Morgan fingerprint density at radius 3 is 2.68 bits per heavy atom. The summed E-state index contributed by atoms with van der Waals surface area (Å²) in [5.41, 5.74) is 8.26. The van der Waals surface area contributed by atoms with Crippen LogP contribution in [0.1, 0.15) is 38.1 Å². The summed E-state index contributed by atoms with van der Waals surface area (Å²) >= 11 is 0. The second kappa shape index (κ2) is 5.23. The Bertz CT molecular complexity index is 480. The first-order valence-electron chi connectivity index (χ1n) is 7.00. The molecule has 0 radical (unpaired) electrons. The van der Waals surface area contributed by atoms with E-state index in [0.717, 1.165) is 24.4 Å². The number of hydrogen-bond donors (Lipinski definition) is 1. The molecule has 2 N–H and O–H groups in total. The zero-order valence-electron chi connectivity index (χ0n) is 12.3. The standard InChI is InChI=1S/C14H24N4O/c1-9-6-5-7-17(11(9)3)13(19)8-18-12(4)14(15)10(2)16-18/h9,11H,5-8,15H2,1-4H3. The molecule has 1 aromatic heterocycles. The molecule has 1 aromatic rings. The highest BCUT2D eigenvalue weighted by atomic mass is 16.2. The molecule has 1 aliphatic heterocycles. The Morgan fingerprint density at radius 2 is 2.11 bits per heavy atom. The van der Waals surface area contributed by atoms with Gasteiger partial charge in [-0.05, 0) is 39.5 Å². The van der Waals surface area contributed by atoms with E-state index in [1.54, 1.807) is 4.68 Å². The van der Waals surface area contributed by atoms with Gasteiger partial charge in [-0.3, -0.25) is 9.48 Å². The zero-order chi connectivity index (χ0) is 14.2. The maximum atomic E-state index is 12.4. The number of carbonyl (C=O) groups is 1. The number of amides is 1. The molecule has 2 heterocycles. The van der Waals surface area contributed by atoms with E-state index >= 15 is 0 Å². The number of nitrogen functional groups attached to an aromatic ring is 1. The van der Waals surface area contributed by atoms with Gasteiger partial charge >= 0.3 is 0 Å². The highest BCUT2D eigenvalue weighted by molar-refractivity contribution is 5.76. The smallest absolute Gasteiger partial charge is 0.244 e. The number of piperidine rings is 1. The van der Waals surface area contributed by atoms with Gasteiger partial charge in [-0.1, -0.05) is 6.92 Å². The van der Waals surface area contributed by atoms with Crippen LogP contribution in [-0.2, 0) is 11.3 Å². The van der Waals surface area contributed by atoms with Crippen molar-refractivity contribution in [3.8, 4) is 0 Å². The summed E-state index contributed by atoms with van der Waals surface area (Å²) in [7, 11) is 0. The molecule has 1 fully saturated rings. The van der Waals surface area contributed by atoms with E-state index in [0.29, 0.717) is 24.2 Å². The maximum Gasteiger partial charge on any atom is 0.244 e. The minimum Gasteiger partial charge on any atom is -0.396 e. The summed E-state index contributed by atoms with van der Waals surface area (Å²) in [4.78, 5) is 14.4. The van der Waals surface area contributed by atoms with Crippen molar-refractivity contribution in [1.29, 1.82) is 0 Å². The highest BCUT2D eigenvalue weighted by Gasteiger charge is 2.28. The first kappa shape index (κ1) is 13.9. The first-order valence-corrected chi connectivity index (χ1v) is 7.00. The van der Waals surface area contributed by atoms with Gasteiger partial charge in [0, 0.05) is 12.6 Å². The highest BCUT2D eigenvalue weighted by Crippen LogP contribution is 2.23. The molecule has 1 amide bonds. The van der Waals surface area contributed by atoms with Crippen molar-refractivity contribution >= 4 is 11.6 Å². The maximum absolute atomic E-state index is 12.4. The summed E-state index contributed by atoms with van der Waals surface area (Å²) < 4.78 is 1.72. The Kier molecular flexibility index (Phi) is 3.83. The number of carbonyl (C=O) groups excluding carboxylic acids is 1. The fourth-order valence-electron chi connectivity index (χ4n) is 2.77. The Labute approximate surface area is 114 Å². The molecule has 2 rings (SSSR count). The van der Waals surface area contributed by atoms with Crippen LogP contribution in [0, 0.1) is 19.8 Å². The van der Waals surface area contributed by atoms with Gasteiger partial charge in [-0.25, -0.2) is 0 Å². The van der Waals surface area contributed by atoms with Crippen LogP contribution in [0.5, 0.6) is 0 Å². The van der Waals surface area contributed by atoms with Crippen molar-refractivity contribution in [2.45, 2.75) is 53.1 Å². The van der Waals surface area contributed by atoms with Crippen LogP contribution in [0.4, 0.5) is 5.69 Å². The average molecular weight is 264 g/mol. The predicted octanol–water partition coefficient (Wildman–Crippen LogP) is 1.73. The minimum absolute atomic E-state index is 0.143. The summed E-state index contributed by atoms with van der Waals surface area (Å²) in [5.74, 6) is 0.716. The van der Waals surface area contributed by atoms with E-state index in [1.807, 2.05) is 18.7 Å². The van der Waals surface area contributed by atoms with E-state index in [4.69, 9.17) is 5.73 Å². The summed E-state index contributed by atoms with van der Waals surface area (Å²) in [5, 5.41) is 4.33. The molecule has 5 heteroatoms. The fraction of sp³-hybridized carbons (Fsp3) is 0.714. The van der Waals surface area contributed by atoms with Crippen LogP contribution in [0.15, 0.2) is 0 Å².